The number of esters is 1. The van der Waals surface area contributed by atoms with Crippen molar-refractivity contribution in [1.82, 2.24) is 0 Å². The van der Waals surface area contributed by atoms with Crippen LogP contribution in [0.3, 0.4) is 0 Å². The molecule has 1 heterocycles. The first-order valence-corrected chi connectivity index (χ1v) is 19.3. The largest absolute Gasteiger partial charge is 0.466 e. The van der Waals surface area contributed by atoms with Crippen molar-refractivity contribution in [3.05, 3.63) is 36.0 Å². The van der Waals surface area contributed by atoms with Crippen LogP contribution in [0.25, 0.3) is 0 Å². The molecule has 0 bridgehead atoms. The summed E-state index contributed by atoms with van der Waals surface area (Å²) in [4.78, 5) is 11.4. The predicted octanol–water partition coefficient (Wildman–Crippen LogP) is 7.96. The van der Waals surface area contributed by atoms with E-state index in [-0.39, 0.29) is 34.4 Å². The molecule has 0 saturated carbocycles. The van der Waals surface area contributed by atoms with Crippen molar-refractivity contribution in [3.8, 4) is 0 Å². The second kappa shape index (κ2) is 13.7. The third kappa shape index (κ3) is 11.2. The van der Waals surface area contributed by atoms with Crippen molar-refractivity contribution in [2.24, 2.45) is 0 Å². The van der Waals surface area contributed by atoms with Crippen molar-refractivity contribution in [1.29, 1.82) is 0 Å². The Labute approximate surface area is 224 Å². The van der Waals surface area contributed by atoms with Crippen molar-refractivity contribution in [2.45, 2.75) is 129 Å². The van der Waals surface area contributed by atoms with Crippen molar-refractivity contribution in [2.75, 3.05) is 13.7 Å². The monoisotopic (exact) mass is 538 g/mol. The molecule has 1 aliphatic rings. The molecule has 36 heavy (non-hydrogen) atoms. The molecule has 0 aromatic rings. The third-order valence-electron chi connectivity index (χ3n) is 7.97. The fourth-order valence-corrected chi connectivity index (χ4v) is 5.85. The van der Waals surface area contributed by atoms with E-state index >= 15 is 0 Å². The molecule has 0 aromatic carbocycles. The molecule has 0 aliphatic carbocycles. The summed E-state index contributed by atoms with van der Waals surface area (Å²) in [5.74, 6) is -0.346. The van der Waals surface area contributed by atoms with Crippen LogP contribution in [-0.4, -0.2) is 54.6 Å². The van der Waals surface area contributed by atoms with E-state index in [9.17, 15) is 4.79 Å². The van der Waals surface area contributed by atoms with E-state index in [1.54, 1.807) is 6.08 Å². The van der Waals surface area contributed by atoms with Crippen LogP contribution in [0.4, 0.5) is 0 Å². The number of rotatable bonds is 12. The molecule has 3 unspecified atom stereocenters. The summed E-state index contributed by atoms with van der Waals surface area (Å²) in [6, 6.07) is 0. The fraction of sp³-hybridized carbons (Fsp3) is 0.759. The van der Waals surface area contributed by atoms with Gasteiger partial charge in [-0.1, -0.05) is 71.4 Å². The number of carbonyl (C=O) groups excluding carboxylic acids is 1. The molecule has 208 valence electrons. The third-order valence-corrected chi connectivity index (χ3v) is 17.0. The maximum atomic E-state index is 11.4. The molecule has 0 fully saturated rings. The second-order valence-electron chi connectivity index (χ2n) is 13.1. The van der Waals surface area contributed by atoms with Gasteiger partial charge in [-0.05, 0) is 62.5 Å². The summed E-state index contributed by atoms with van der Waals surface area (Å²) in [5.41, 5.74) is 1.02. The van der Waals surface area contributed by atoms with Gasteiger partial charge < -0.3 is 18.3 Å². The molecule has 0 aromatic heterocycles. The second-order valence-corrected chi connectivity index (χ2v) is 22.7. The van der Waals surface area contributed by atoms with E-state index in [4.69, 9.17) is 18.3 Å². The number of ether oxygens (including phenoxy) is 2. The molecule has 0 spiro atoms. The van der Waals surface area contributed by atoms with Gasteiger partial charge in [0.25, 0.3) is 0 Å². The van der Waals surface area contributed by atoms with E-state index in [2.05, 4.69) is 86.0 Å². The summed E-state index contributed by atoms with van der Waals surface area (Å²) in [7, 11) is -2.32. The van der Waals surface area contributed by atoms with Crippen LogP contribution in [0.15, 0.2) is 36.0 Å². The summed E-state index contributed by atoms with van der Waals surface area (Å²) in [6.07, 6.45) is 13.5. The van der Waals surface area contributed by atoms with Crippen molar-refractivity contribution >= 4 is 22.6 Å². The number of methoxy groups -OCH3 is 1. The van der Waals surface area contributed by atoms with Gasteiger partial charge in [-0.15, -0.1) is 0 Å². The number of hydrogen-bond donors (Lipinski definition) is 0. The Hall–Kier alpha value is -0.996. The minimum Gasteiger partial charge on any atom is -0.466 e. The number of hydrogen-bond acceptors (Lipinski definition) is 5. The van der Waals surface area contributed by atoms with E-state index < -0.39 is 16.6 Å². The lowest BCUT2D eigenvalue weighted by atomic mass is 10.0. The first-order valence-electron chi connectivity index (χ1n) is 13.4. The zero-order chi connectivity index (χ0) is 27.8. The first-order chi connectivity index (χ1) is 16.4. The van der Waals surface area contributed by atoms with Crippen LogP contribution in [-0.2, 0) is 23.1 Å². The molecule has 0 amide bonds. The molecule has 1 rings (SSSR count). The molecule has 3 atom stereocenters. The van der Waals surface area contributed by atoms with Gasteiger partial charge in [-0.3, -0.25) is 0 Å². The SMILES string of the molecule is COC(=O)/C=C/C(C)=C\CC(CC1C=CCC(CCO[Si](C)(C)C(C)(C)C)O1)O[Si](C)(C)C(C)(C)C. The molecule has 1 aliphatic heterocycles. The highest BCUT2D eigenvalue weighted by atomic mass is 28.4. The van der Waals surface area contributed by atoms with Gasteiger partial charge in [0.1, 0.15) is 0 Å². The van der Waals surface area contributed by atoms with Gasteiger partial charge in [-0.2, -0.15) is 0 Å². The molecule has 0 saturated heterocycles. The summed E-state index contributed by atoms with van der Waals surface area (Å²) >= 11 is 0. The fourth-order valence-electron chi connectivity index (χ4n) is 3.41. The van der Waals surface area contributed by atoms with Crippen LogP contribution in [0.5, 0.6) is 0 Å². The van der Waals surface area contributed by atoms with Crippen LogP contribution in [0, 0.1) is 0 Å². The van der Waals surface area contributed by atoms with Gasteiger partial charge in [0, 0.05) is 19.1 Å². The molecular weight excluding hydrogens is 484 g/mol. The minimum atomic E-state index is -1.96. The molecule has 0 radical (unpaired) electrons. The Morgan fingerprint density at radius 2 is 1.67 bits per heavy atom. The number of allylic oxidation sites excluding steroid dienone is 2. The Morgan fingerprint density at radius 3 is 2.22 bits per heavy atom. The van der Waals surface area contributed by atoms with E-state index in [0.29, 0.717) is 0 Å². The molecular formula is C29H54O5Si2. The summed E-state index contributed by atoms with van der Waals surface area (Å²) in [5, 5.41) is 0.344. The van der Waals surface area contributed by atoms with Crippen LogP contribution < -0.4 is 0 Å². The molecule has 7 heteroatoms. The van der Waals surface area contributed by atoms with Gasteiger partial charge in [-0.25, -0.2) is 4.79 Å². The Morgan fingerprint density at radius 1 is 1.06 bits per heavy atom. The van der Waals surface area contributed by atoms with Crippen molar-refractivity contribution in [3.63, 3.8) is 0 Å². The molecule has 0 N–H and O–H groups in total. The first kappa shape index (κ1) is 33.0. The standard InChI is InChI=1S/C29H54O5Si2/c1-23(17-19-27(30)31-8)16-18-26(34-36(11,12)29(5,6)7)22-25-15-13-14-24(33-25)20-21-32-35(9,10)28(2,3)4/h13,15-17,19,24-26H,14,18,20-22H2,1-12H3/b19-17+,23-16-. The van der Waals surface area contributed by atoms with Gasteiger partial charge in [0.05, 0.1) is 25.4 Å². The average Bonchev–Trinajstić information content (AvgIpc) is 2.74. The van der Waals surface area contributed by atoms with Gasteiger partial charge in [0.2, 0.25) is 0 Å². The van der Waals surface area contributed by atoms with Crippen LogP contribution in [0.2, 0.25) is 36.3 Å². The number of carbonyl (C=O) groups is 1. The summed E-state index contributed by atoms with van der Waals surface area (Å²) in [6.45, 7) is 25.6. The zero-order valence-electron chi connectivity index (χ0n) is 25.2. The topological polar surface area (TPSA) is 54.0 Å². The van der Waals surface area contributed by atoms with Crippen molar-refractivity contribution < 1.29 is 23.1 Å². The Balaban J connectivity index is 2.85. The highest BCUT2D eigenvalue weighted by Crippen LogP contribution is 2.39. The normalized spacial score (nSPS) is 21.2. The van der Waals surface area contributed by atoms with E-state index in [1.165, 1.54) is 13.2 Å². The van der Waals surface area contributed by atoms with E-state index in [1.807, 2.05) is 6.92 Å². The molecule has 5 nitrogen and oxygen atoms in total. The predicted molar refractivity (Wildman–Crippen MR) is 156 cm³/mol. The highest BCUT2D eigenvalue weighted by molar-refractivity contribution is 6.74. The lowest BCUT2D eigenvalue weighted by molar-refractivity contribution is -0.134. The van der Waals surface area contributed by atoms with E-state index in [0.717, 1.165) is 37.9 Å². The van der Waals surface area contributed by atoms with Gasteiger partial charge in [0.15, 0.2) is 16.6 Å². The summed E-state index contributed by atoms with van der Waals surface area (Å²) < 4.78 is 24.4. The quantitative estimate of drug-likeness (QED) is 0.0829. The maximum Gasteiger partial charge on any atom is 0.330 e. The van der Waals surface area contributed by atoms with Crippen LogP contribution in [0.1, 0.15) is 74.1 Å². The zero-order valence-corrected chi connectivity index (χ0v) is 27.2. The van der Waals surface area contributed by atoms with Gasteiger partial charge >= 0.3 is 5.97 Å². The Bertz CT molecular complexity index is 784. The smallest absolute Gasteiger partial charge is 0.330 e. The Kier molecular flexibility index (Phi) is 12.6. The average molecular weight is 539 g/mol. The van der Waals surface area contributed by atoms with Crippen LogP contribution >= 0.6 is 0 Å². The lowest BCUT2D eigenvalue weighted by Gasteiger charge is -2.40. The minimum absolute atomic E-state index is 0.0331. The lowest BCUT2D eigenvalue weighted by Crippen LogP contribution is -2.45. The maximum absolute atomic E-state index is 11.4. The highest BCUT2D eigenvalue weighted by Gasteiger charge is 2.40.